The molecule has 0 saturated heterocycles. The molecule has 0 aromatic carbocycles. The van der Waals surface area contributed by atoms with E-state index in [2.05, 4.69) is 39.2 Å². The van der Waals surface area contributed by atoms with Crippen molar-refractivity contribution in [2.75, 3.05) is 0 Å². The summed E-state index contributed by atoms with van der Waals surface area (Å²) in [5.74, 6) is 1.47. The van der Waals surface area contributed by atoms with Crippen molar-refractivity contribution in [3.05, 3.63) is 59.2 Å². The number of pyridine rings is 2. The predicted molar refractivity (Wildman–Crippen MR) is 107 cm³/mol. The van der Waals surface area contributed by atoms with E-state index in [4.69, 9.17) is 9.51 Å². The second-order valence-electron chi connectivity index (χ2n) is 6.89. The van der Waals surface area contributed by atoms with Crippen molar-refractivity contribution in [1.29, 1.82) is 0 Å². The van der Waals surface area contributed by atoms with Crippen molar-refractivity contribution in [2.45, 2.75) is 39.0 Å². The zero-order valence-corrected chi connectivity index (χ0v) is 16.7. The lowest BCUT2D eigenvalue weighted by atomic mass is 10.1. The van der Waals surface area contributed by atoms with E-state index in [9.17, 15) is 0 Å². The Morgan fingerprint density at radius 3 is 2.57 bits per heavy atom. The Morgan fingerprint density at radius 2 is 1.82 bits per heavy atom. The molecule has 0 N–H and O–H groups in total. The lowest BCUT2D eigenvalue weighted by Crippen LogP contribution is -2.01. The van der Waals surface area contributed by atoms with E-state index in [-0.39, 0.29) is 5.92 Å². The van der Waals surface area contributed by atoms with Gasteiger partial charge in [-0.15, -0.1) is 10.2 Å². The summed E-state index contributed by atoms with van der Waals surface area (Å²) in [6.45, 7) is 6.27. The second-order valence-corrected chi connectivity index (χ2v) is 7.90. The smallest absolute Gasteiger partial charge is 0.230 e. The van der Waals surface area contributed by atoms with Crippen LogP contribution in [0.2, 0.25) is 0 Å². The largest absolute Gasteiger partial charge is 0.339 e. The quantitative estimate of drug-likeness (QED) is 0.476. The summed E-state index contributed by atoms with van der Waals surface area (Å²) in [7, 11) is 0. The minimum absolute atomic E-state index is 0.0355. The molecule has 142 valence electrons. The normalized spacial score (nSPS) is 12.4. The number of hydrogen-bond acceptors (Lipinski definition) is 8. The van der Waals surface area contributed by atoms with Crippen molar-refractivity contribution in [1.82, 2.24) is 30.3 Å². The van der Waals surface area contributed by atoms with Gasteiger partial charge in [0.05, 0.1) is 0 Å². The van der Waals surface area contributed by atoms with Crippen LogP contribution in [0.1, 0.15) is 49.2 Å². The van der Waals surface area contributed by atoms with Crippen LogP contribution in [-0.2, 0) is 6.42 Å². The van der Waals surface area contributed by atoms with Gasteiger partial charge in [0.15, 0.2) is 5.01 Å². The third-order valence-electron chi connectivity index (χ3n) is 4.23. The predicted octanol–water partition coefficient (Wildman–Crippen LogP) is 4.51. The minimum atomic E-state index is 0.0355. The van der Waals surface area contributed by atoms with E-state index >= 15 is 0 Å². The van der Waals surface area contributed by atoms with Gasteiger partial charge in [-0.3, -0.25) is 9.97 Å². The van der Waals surface area contributed by atoms with Gasteiger partial charge in [-0.2, -0.15) is 4.98 Å². The Labute approximate surface area is 166 Å². The first-order chi connectivity index (χ1) is 13.6. The fourth-order valence-electron chi connectivity index (χ4n) is 2.72. The average molecular weight is 392 g/mol. The van der Waals surface area contributed by atoms with Crippen LogP contribution in [0.4, 0.5) is 0 Å². The van der Waals surface area contributed by atoms with Crippen molar-refractivity contribution >= 4 is 11.3 Å². The van der Waals surface area contributed by atoms with Gasteiger partial charge in [0.2, 0.25) is 11.7 Å². The maximum Gasteiger partial charge on any atom is 0.230 e. The number of nitrogens with zero attached hydrogens (tertiary/aromatic N) is 6. The Hall–Kier alpha value is -3.00. The topological polar surface area (TPSA) is 90.5 Å². The zero-order chi connectivity index (χ0) is 19.5. The highest BCUT2D eigenvalue weighted by Crippen LogP contribution is 2.27. The van der Waals surface area contributed by atoms with Crippen LogP contribution in [0.15, 0.2) is 47.1 Å². The first kappa shape index (κ1) is 18.4. The van der Waals surface area contributed by atoms with Crippen LogP contribution in [0, 0.1) is 0 Å². The van der Waals surface area contributed by atoms with E-state index < -0.39 is 0 Å². The molecule has 0 saturated carbocycles. The third kappa shape index (κ3) is 3.96. The summed E-state index contributed by atoms with van der Waals surface area (Å²) in [5, 5.41) is 14.4. The van der Waals surface area contributed by atoms with E-state index in [1.54, 1.807) is 17.5 Å². The zero-order valence-electron chi connectivity index (χ0n) is 15.9. The van der Waals surface area contributed by atoms with Crippen molar-refractivity contribution in [2.24, 2.45) is 0 Å². The molecule has 1 atom stereocenters. The summed E-state index contributed by atoms with van der Waals surface area (Å²) < 4.78 is 5.45. The highest BCUT2D eigenvalue weighted by Gasteiger charge is 2.18. The lowest BCUT2D eigenvalue weighted by Gasteiger charge is -2.06. The maximum atomic E-state index is 5.45. The van der Waals surface area contributed by atoms with E-state index in [0.29, 0.717) is 29.7 Å². The standard InChI is InChI=1S/C20H20N6OS/c1-12(2)19-24-25-20(28-19)16-9-6-7-14(22-16)11-13(3)18-23-17(26-27-18)15-8-4-5-10-21-15/h4-10,12-13H,11H2,1-3H3. The summed E-state index contributed by atoms with van der Waals surface area (Å²) in [4.78, 5) is 13.5. The van der Waals surface area contributed by atoms with Crippen LogP contribution in [0.3, 0.4) is 0 Å². The van der Waals surface area contributed by atoms with E-state index in [1.165, 1.54) is 0 Å². The molecule has 4 aromatic rings. The first-order valence-electron chi connectivity index (χ1n) is 9.15. The van der Waals surface area contributed by atoms with Crippen LogP contribution in [-0.4, -0.2) is 30.3 Å². The highest BCUT2D eigenvalue weighted by atomic mass is 32.1. The molecule has 8 heteroatoms. The van der Waals surface area contributed by atoms with Crippen molar-refractivity contribution in [3.63, 3.8) is 0 Å². The summed E-state index contributed by atoms with van der Waals surface area (Å²) in [6.07, 6.45) is 2.40. The first-order valence-corrected chi connectivity index (χ1v) is 9.96. The van der Waals surface area contributed by atoms with Crippen LogP contribution < -0.4 is 0 Å². The monoisotopic (exact) mass is 392 g/mol. The van der Waals surface area contributed by atoms with Gasteiger partial charge in [-0.25, -0.2) is 0 Å². The van der Waals surface area contributed by atoms with Gasteiger partial charge in [-0.05, 0) is 24.3 Å². The number of aromatic nitrogens is 6. The fraction of sp³-hybridized carbons (Fsp3) is 0.300. The Morgan fingerprint density at radius 1 is 0.964 bits per heavy atom. The molecule has 28 heavy (non-hydrogen) atoms. The van der Waals surface area contributed by atoms with E-state index in [0.717, 1.165) is 21.4 Å². The molecule has 0 spiro atoms. The Bertz CT molecular complexity index is 1060. The van der Waals surface area contributed by atoms with Crippen LogP contribution in [0.25, 0.3) is 22.2 Å². The molecule has 4 heterocycles. The van der Waals surface area contributed by atoms with Gasteiger partial charge in [0.1, 0.15) is 16.4 Å². The third-order valence-corrected chi connectivity index (χ3v) is 5.48. The van der Waals surface area contributed by atoms with Gasteiger partial charge < -0.3 is 4.52 Å². The van der Waals surface area contributed by atoms with Gasteiger partial charge in [0, 0.05) is 30.1 Å². The van der Waals surface area contributed by atoms with Gasteiger partial charge in [-0.1, -0.05) is 49.4 Å². The SMILES string of the molecule is CC(C)c1nnc(-c2cccc(CC(C)c3nc(-c4ccccn4)no3)n2)s1. The van der Waals surface area contributed by atoms with E-state index in [1.807, 2.05) is 43.3 Å². The molecule has 0 radical (unpaired) electrons. The molecule has 0 fully saturated rings. The molecular weight excluding hydrogens is 372 g/mol. The molecular formula is C20H20N6OS. The Kier molecular flexibility index (Phi) is 5.21. The van der Waals surface area contributed by atoms with Crippen molar-refractivity contribution in [3.8, 4) is 22.2 Å². The number of hydrogen-bond donors (Lipinski definition) is 0. The highest BCUT2D eigenvalue weighted by molar-refractivity contribution is 7.14. The lowest BCUT2D eigenvalue weighted by molar-refractivity contribution is 0.358. The number of rotatable bonds is 6. The van der Waals surface area contributed by atoms with Gasteiger partial charge in [0.25, 0.3) is 0 Å². The molecule has 0 aliphatic rings. The molecule has 4 aromatic heterocycles. The summed E-state index contributed by atoms with van der Waals surface area (Å²) in [5.41, 5.74) is 2.49. The minimum Gasteiger partial charge on any atom is -0.339 e. The van der Waals surface area contributed by atoms with Crippen LogP contribution >= 0.6 is 11.3 Å². The summed E-state index contributed by atoms with van der Waals surface area (Å²) >= 11 is 1.59. The van der Waals surface area contributed by atoms with Crippen molar-refractivity contribution < 1.29 is 4.52 Å². The van der Waals surface area contributed by atoms with Crippen LogP contribution in [0.5, 0.6) is 0 Å². The maximum absolute atomic E-state index is 5.45. The molecule has 4 rings (SSSR count). The average Bonchev–Trinajstić information content (AvgIpc) is 3.39. The summed E-state index contributed by atoms with van der Waals surface area (Å²) in [6, 6.07) is 11.6. The molecule has 0 aliphatic heterocycles. The Balaban J connectivity index is 1.50. The molecule has 0 amide bonds. The molecule has 0 bridgehead atoms. The van der Waals surface area contributed by atoms with Gasteiger partial charge >= 0.3 is 0 Å². The molecule has 7 nitrogen and oxygen atoms in total. The fourth-order valence-corrected chi connectivity index (χ4v) is 3.53. The molecule has 1 unspecified atom stereocenters. The second kappa shape index (κ2) is 7.93. The molecule has 0 aliphatic carbocycles.